The molecule has 1 saturated heterocycles. The number of nitrogens with zero attached hydrogens (tertiary/aromatic N) is 3. The van der Waals surface area contributed by atoms with Gasteiger partial charge in [0, 0.05) is 38.1 Å². The van der Waals surface area contributed by atoms with E-state index in [1.54, 1.807) is 19.2 Å². The summed E-state index contributed by atoms with van der Waals surface area (Å²) in [6.45, 7) is 10.00. The fraction of sp³-hybridized carbons (Fsp3) is 0.458. The minimum absolute atomic E-state index is 0.00153. The van der Waals surface area contributed by atoms with Crippen LogP contribution in [0, 0.1) is 0 Å². The smallest absolute Gasteiger partial charge is 0.339 e. The molecule has 0 radical (unpaired) electrons. The molecule has 31 heavy (non-hydrogen) atoms. The van der Waals surface area contributed by atoms with E-state index in [0.717, 1.165) is 44.1 Å². The molecule has 0 bridgehead atoms. The number of rotatable bonds is 8. The predicted molar refractivity (Wildman–Crippen MR) is 123 cm³/mol. The molecule has 1 fully saturated rings. The molecular weight excluding hydrogens is 392 g/mol. The second kappa shape index (κ2) is 10.9. The first kappa shape index (κ1) is 22.7. The largest absolute Gasteiger partial charge is 0.462 e. The van der Waals surface area contributed by atoms with Crippen LogP contribution in [0.5, 0.6) is 0 Å². The predicted octanol–water partition coefficient (Wildman–Crippen LogP) is 3.53. The lowest BCUT2D eigenvalue weighted by Gasteiger charge is -2.35. The summed E-state index contributed by atoms with van der Waals surface area (Å²) >= 11 is 0. The molecule has 0 aliphatic carbocycles. The summed E-state index contributed by atoms with van der Waals surface area (Å²) in [5, 5.41) is 2.99. The van der Waals surface area contributed by atoms with Crippen LogP contribution < -0.4 is 10.2 Å². The molecule has 1 aliphatic rings. The molecule has 0 saturated carbocycles. The lowest BCUT2D eigenvalue weighted by Crippen LogP contribution is -2.48. The van der Waals surface area contributed by atoms with Crippen molar-refractivity contribution in [2.24, 2.45) is 0 Å². The SMILES string of the molecule is CCOC(=O)c1ccc(N2CCN(CC(=O)Nc3ccc(C(C)CC)cc3)CC2)nc1. The molecule has 3 rings (SSSR count). The Hall–Kier alpha value is -2.93. The zero-order valence-electron chi connectivity index (χ0n) is 18.6. The monoisotopic (exact) mass is 424 g/mol. The summed E-state index contributed by atoms with van der Waals surface area (Å²) in [5.41, 5.74) is 2.58. The molecule has 1 aliphatic heterocycles. The van der Waals surface area contributed by atoms with Gasteiger partial charge in [-0.3, -0.25) is 9.69 Å². The topological polar surface area (TPSA) is 74.8 Å². The van der Waals surface area contributed by atoms with Crippen LogP contribution in [0.2, 0.25) is 0 Å². The lowest BCUT2D eigenvalue weighted by atomic mass is 9.99. The van der Waals surface area contributed by atoms with Crippen molar-refractivity contribution >= 4 is 23.4 Å². The molecule has 7 heteroatoms. The molecule has 1 aromatic heterocycles. The Kier molecular flexibility index (Phi) is 8.00. The number of carbonyl (C=O) groups excluding carboxylic acids is 2. The molecular formula is C24H32N4O3. The molecule has 7 nitrogen and oxygen atoms in total. The Labute approximate surface area is 184 Å². The van der Waals surface area contributed by atoms with E-state index < -0.39 is 0 Å². The van der Waals surface area contributed by atoms with Gasteiger partial charge in [-0.2, -0.15) is 0 Å². The Morgan fingerprint density at radius 1 is 1.06 bits per heavy atom. The summed E-state index contributed by atoms with van der Waals surface area (Å²) in [6, 6.07) is 11.7. The highest BCUT2D eigenvalue weighted by Gasteiger charge is 2.20. The van der Waals surface area contributed by atoms with Gasteiger partial charge >= 0.3 is 5.97 Å². The van der Waals surface area contributed by atoms with Crippen molar-refractivity contribution in [3.8, 4) is 0 Å². The van der Waals surface area contributed by atoms with Gasteiger partial charge in [0.25, 0.3) is 0 Å². The van der Waals surface area contributed by atoms with Gasteiger partial charge in [0.1, 0.15) is 5.82 Å². The third-order valence-corrected chi connectivity index (χ3v) is 5.70. The number of ether oxygens (including phenoxy) is 1. The van der Waals surface area contributed by atoms with Crippen LogP contribution in [-0.2, 0) is 9.53 Å². The van der Waals surface area contributed by atoms with E-state index in [1.807, 2.05) is 18.2 Å². The third kappa shape index (κ3) is 6.28. The highest BCUT2D eigenvalue weighted by Crippen LogP contribution is 2.20. The van der Waals surface area contributed by atoms with Crippen LogP contribution in [0.15, 0.2) is 42.6 Å². The van der Waals surface area contributed by atoms with Crippen molar-refractivity contribution < 1.29 is 14.3 Å². The maximum absolute atomic E-state index is 12.4. The molecule has 0 spiro atoms. The van der Waals surface area contributed by atoms with Crippen molar-refractivity contribution in [2.45, 2.75) is 33.1 Å². The first-order chi connectivity index (χ1) is 15.0. The maximum Gasteiger partial charge on any atom is 0.339 e. The minimum Gasteiger partial charge on any atom is -0.462 e. The quantitative estimate of drug-likeness (QED) is 0.654. The molecule has 1 atom stereocenters. The van der Waals surface area contributed by atoms with E-state index in [9.17, 15) is 9.59 Å². The molecule has 1 amide bonds. The van der Waals surface area contributed by atoms with E-state index in [-0.39, 0.29) is 11.9 Å². The van der Waals surface area contributed by atoms with Gasteiger partial charge < -0.3 is 15.0 Å². The summed E-state index contributed by atoms with van der Waals surface area (Å²) < 4.78 is 4.99. The number of pyridine rings is 1. The van der Waals surface area contributed by atoms with Crippen molar-refractivity contribution in [1.29, 1.82) is 0 Å². The summed E-state index contributed by atoms with van der Waals surface area (Å²) in [7, 11) is 0. The van der Waals surface area contributed by atoms with E-state index in [0.29, 0.717) is 24.6 Å². The normalized spacial score (nSPS) is 15.4. The third-order valence-electron chi connectivity index (χ3n) is 5.70. The number of nitrogens with one attached hydrogen (secondary N) is 1. The number of benzene rings is 1. The number of anilines is 2. The summed E-state index contributed by atoms with van der Waals surface area (Å²) in [4.78, 5) is 32.9. The number of piperazine rings is 1. The van der Waals surface area contributed by atoms with Gasteiger partial charge in [0.05, 0.1) is 18.7 Å². The average molecular weight is 425 g/mol. The van der Waals surface area contributed by atoms with E-state index in [2.05, 4.69) is 46.1 Å². The molecule has 1 N–H and O–H groups in total. The molecule has 2 aromatic rings. The van der Waals surface area contributed by atoms with Crippen LogP contribution in [0.4, 0.5) is 11.5 Å². The fourth-order valence-electron chi connectivity index (χ4n) is 3.58. The standard InChI is InChI=1S/C24H32N4O3/c1-4-18(3)19-6-9-21(10-7-19)26-23(29)17-27-12-14-28(15-13-27)22-11-8-20(16-25-22)24(30)31-5-2/h6-11,16,18H,4-5,12-15,17H2,1-3H3,(H,26,29). The van der Waals surface area contributed by atoms with Gasteiger partial charge in [-0.25, -0.2) is 9.78 Å². The van der Waals surface area contributed by atoms with Crippen LogP contribution in [0.3, 0.4) is 0 Å². The number of esters is 1. The maximum atomic E-state index is 12.4. The summed E-state index contributed by atoms with van der Waals surface area (Å²) in [6.07, 6.45) is 2.66. The van der Waals surface area contributed by atoms with Crippen molar-refractivity contribution in [2.75, 3.05) is 49.5 Å². The Morgan fingerprint density at radius 3 is 2.35 bits per heavy atom. The van der Waals surface area contributed by atoms with Crippen LogP contribution in [-0.4, -0.2) is 61.1 Å². The first-order valence-corrected chi connectivity index (χ1v) is 11.0. The van der Waals surface area contributed by atoms with Crippen LogP contribution in [0.1, 0.15) is 49.0 Å². The van der Waals surface area contributed by atoms with Gasteiger partial charge in [-0.15, -0.1) is 0 Å². The van der Waals surface area contributed by atoms with Crippen molar-refractivity contribution in [3.63, 3.8) is 0 Å². The minimum atomic E-state index is -0.355. The zero-order valence-corrected chi connectivity index (χ0v) is 18.6. The molecule has 166 valence electrons. The van der Waals surface area contributed by atoms with E-state index in [4.69, 9.17) is 4.74 Å². The fourth-order valence-corrected chi connectivity index (χ4v) is 3.58. The second-order valence-corrected chi connectivity index (χ2v) is 7.87. The Morgan fingerprint density at radius 2 is 1.77 bits per heavy atom. The number of hydrogen-bond donors (Lipinski definition) is 1. The van der Waals surface area contributed by atoms with E-state index in [1.165, 1.54) is 5.56 Å². The molecule has 1 unspecified atom stereocenters. The van der Waals surface area contributed by atoms with Gasteiger partial charge in [0.15, 0.2) is 0 Å². The number of amides is 1. The van der Waals surface area contributed by atoms with Crippen molar-refractivity contribution in [3.05, 3.63) is 53.7 Å². The van der Waals surface area contributed by atoms with Crippen molar-refractivity contribution in [1.82, 2.24) is 9.88 Å². The second-order valence-electron chi connectivity index (χ2n) is 7.87. The Balaban J connectivity index is 1.45. The molecule has 1 aromatic carbocycles. The number of hydrogen-bond acceptors (Lipinski definition) is 6. The number of carbonyl (C=O) groups is 2. The highest BCUT2D eigenvalue weighted by molar-refractivity contribution is 5.92. The van der Waals surface area contributed by atoms with Gasteiger partial charge in [-0.1, -0.05) is 26.0 Å². The zero-order chi connectivity index (χ0) is 22.2. The average Bonchev–Trinajstić information content (AvgIpc) is 2.80. The number of aromatic nitrogens is 1. The van der Waals surface area contributed by atoms with E-state index >= 15 is 0 Å². The lowest BCUT2D eigenvalue weighted by molar-refractivity contribution is -0.117. The summed E-state index contributed by atoms with van der Waals surface area (Å²) in [5.74, 6) is 1.00. The Bertz CT molecular complexity index is 859. The van der Waals surface area contributed by atoms with Crippen LogP contribution >= 0.6 is 0 Å². The first-order valence-electron chi connectivity index (χ1n) is 11.0. The van der Waals surface area contributed by atoms with Crippen LogP contribution in [0.25, 0.3) is 0 Å². The van der Waals surface area contributed by atoms with Gasteiger partial charge in [-0.05, 0) is 49.1 Å². The van der Waals surface area contributed by atoms with Gasteiger partial charge in [0.2, 0.25) is 5.91 Å². The highest BCUT2D eigenvalue weighted by atomic mass is 16.5. The molecule has 2 heterocycles.